The predicted octanol–water partition coefficient (Wildman–Crippen LogP) is 5.16. The average molecular weight is 523 g/mol. The van der Waals surface area contributed by atoms with Crippen molar-refractivity contribution in [3.63, 3.8) is 0 Å². The molecule has 1 aliphatic heterocycles. The van der Waals surface area contributed by atoms with Crippen molar-refractivity contribution >= 4 is 23.2 Å². The third kappa shape index (κ3) is 6.18. The molecule has 1 saturated heterocycles. The Labute approximate surface area is 211 Å². The normalized spacial score (nSPS) is 14.6. The second-order valence-corrected chi connectivity index (χ2v) is 8.78. The van der Waals surface area contributed by atoms with Gasteiger partial charge >= 0.3 is 6.18 Å². The molecule has 0 radical (unpaired) electrons. The van der Waals surface area contributed by atoms with Crippen molar-refractivity contribution < 1.29 is 27.4 Å². The smallest absolute Gasteiger partial charge is 0.416 e. The van der Waals surface area contributed by atoms with E-state index in [1.54, 1.807) is 29.9 Å². The maximum atomic E-state index is 13.1. The second-order valence-electron chi connectivity index (χ2n) is 8.37. The molecular formula is C25H26ClF3N4O3. The molecule has 0 atom stereocenters. The monoisotopic (exact) mass is 522 g/mol. The fourth-order valence-electron chi connectivity index (χ4n) is 4.04. The third-order valence-corrected chi connectivity index (χ3v) is 6.14. The highest BCUT2D eigenvalue weighted by molar-refractivity contribution is 6.33. The molecule has 0 spiro atoms. The zero-order valence-electron chi connectivity index (χ0n) is 19.6. The Hall–Kier alpha value is -3.08. The first-order valence-corrected chi connectivity index (χ1v) is 11.8. The third-order valence-electron chi connectivity index (χ3n) is 5.87. The number of anilines is 1. The SMILES string of the molecule is Cn1ncc(Cl)c1-c1cccc(NC(=O)c2cccc(C(F)(F)F)c2)c1OCCNC1CCOCC1. The van der Waals surface area contributed by atoms with Crippen molar-refractivity contribution in [2.24, 2.45) is 7.05 Å². The number of benzene rings is 2. The minimum absolute atomic E-state index is 0.124. The van der Waals surface area contributed by atoms with Gasteiger partial charge in [0.15, 0.2) is 5.75 Å². The van der Waals surface area contributed by atoms with Gasteiger partial charge in [0.1, 0.15) is 6.61 Å². The van der Waals surface area contributed by atoms with Gasteiger partial charge in [-0.2, -0.15) is 18.3 Å². The number of ether oxygens (including phenoxy) is 2. The number of carbonyl (C=O) groups excluding carboxylic acids is 1. The summed E-state index contributed by atoms with van der Waals surface area (Å²) in [5.41, 5.74) is 0.451. The zero-order valence-corrected chi connectivity index (χ0v) is 20.3. The highest BCUT2D eigenvalue weighted by atomic mass is 35.5. The number of nitrogens with one attached hydrogen (secondary N) is 2. The van der Waals surface area contributed by atoms with Crippen molar-refractivity contribution in [3.8, 4) is 17.0 Å². The molecule has 36 heavy (non-hydrogen) atoms. The topological polar surface area (TPSA) is 77.4 Å². The van der Waals surface area contributed by atoms with Crippen molar-refractivity contribution in [3.05, 3.63) is 64.8 Å². The molecule has 1 fully saturated rings. The highest BCUT2D eigenvalue weighted by Gasteiger charge is 2.31. The fourth-order valence-corrected chi connectivity index (χ4v) is 4.31. The molecule has 1 aliphatic rings. The highest BCUT2D eigenvalue weighted by Crippen LogP contribution is 2.39. The minimum atomic E-state index is -4.56. The summed E-state index contributed by atoms with van der Waals surface area (Å²) in [5.74, 6) is -0.350. The lowest BCUT2D eigenvalue weighted by Gasteiger charge is -2.23. The summed E-state index contributed by atoms with van der Waals surface area (Å²) in [7, 11) is 1.73. The number of hydrogen-bond donors (Lipinski definition) is 2. The summed E-state index contributed by atoms with van der Waals surface area (Å²) in [4.78, 5) is 12.9. The fraction of sp³-hybridized carbons (Fsp3) is 0.360. The van der Waals surface area contributed by atoms with Gasteiger partial charge in [-0.15, -0.1) is 0 Å². The number of alkyl halides is 3. The largest absolute Gasteiger partial charge is 0.489 e. The Morgan fingerprint density at radius 3 is 2.67 bits per heavy atom. The van der Waals surface area contributed by atoms with Gasteiger partial charge in [0, 0.05) is 44.0 Å². The lowest BCUT2D eigenvalue weighted by molar-refractivity contribution is -0.137. The second kappa shape index (κ2) is 11.3. The molecule has 2 N–H and O–H groups in total. The Kier molecular flexibility index (Phi) is 8.17. The number of para-hydroxylation sites is 1. The molecule has 11 heteroatoms. The molecule has 2 heterocycles. The average Bonchev–Trinajstić information content (AvgIpc) is 3.20. The van der Waals surface area contributed by atoms with Crippen molar-refractivity contribution in [1.82, 2.24) is 15.1 Å². The Balaban J connectivity index is 1.58. The first-order chi connectivity index (χ1) is 17.2. The predicted molar refractivity (Wildman–Crippen MR) is 130 cm³/mol. The molecule has 1 aromatic heterocycles. The Morgan fingerprint density at radius 2 is 1.97 bits per heavy atom. The maximum absolute atomic E-state index is 13.1. The van der Waals surface area contributed by atoms with Crippen LogP contribution in [0.15, 0.2) is 48.7 Å². The zero-order chi connectivity index (χ0) is 25.7. The summed E-state index contributed by atoms with van der Waals surface area (Å²) in [5, 5.41) is 10.7. The number of aromatic nitrogens is 2. The molecule has 0 aliphatic carbocycles. The van der Waals surface area contributed by atoms with E-state index in [-0.39, 0.29) is 12.2 Å². The van der Waals surface area contributed by atoms with Crippen LogP contribution in [0.1, 0.15) is 28.8 Å². The first-order valence-electron chi connectivity index (χ1n) is 11.5. The molecule has 0 saturated carbocycles. The van der Waals surface area contributed by atoms with Crippen LogP contribution < -0.4 is 15.4 Å². The summed E-state index contributed by atoms with van der Waals surface area (Å²) in [6.07, 6.45) is -1.22. The molecule has 7 nitrogen and oxygen atoms in total. The standard InChI is InChI=1S/C25H26ClF3N4O3/c1-33-22(20(26)15-31-33)19-6-3-7-21(23(19)36-13-10-30-18-8-11-35-12-9-18)32-24(34)16-4-2-5-17(14-16)25(27,28)29/h2-7,14-15,18,30H,8-13H2,1H3,(H,32,34). The first kappa shape index (κ1) is 26.0. The number of carbonyl (C=O) groups is 1. The van der Waals surface area contributed by atoms with Gasteiger partial charge in [0.05, 0.1) is 28.2 Å². The number of hydrogen-bond acceptors (Lipinski definition) is 5. The van der Waals surface area contributed by atoms with E-state index in [0.717, 1.165) is 25.0 Å². The van der Waals surface area contributed by atoms with Crippen molar-refractivity contribution in [1.29, 1.82) is 0 Å². The van der Waals surface area contributed by atoms with Gasteiger partial charge in [-0.05, 0) is 43.2 Å². The molecule has 0 bridgehead atoms. The van der Waals surface area contributed by atoms with Gasteiger partial charge < -0.3 is 20.1 Å². The number of rotatable bonds is 8. The van der Waals surface area contributed by atoms with E-state index in [2.05, 4.69) is 15.7 Å². The van der Waals surface area contributed by atoms with E-state index in [1.807, 2.05) is 0 Å². The van der Waals surface area contributed by atoms with Crippen LogP contribution in [-0.4, -0.2) is 48.1 Å². The minimum Gasteiger partial charge on any atom is -0.489 e. The van der Waals surface area contributed by atoms with Crippen molar-refractivity contribution in [2.75, 3.05) is 31.7 Å². The summed E-state index contributed by atoms with van der Waals surface area (Å²) in [6.45, 7) is 2.27. The van der Waals surface area contributed by atoms with Gasteiger partial charge in [-0.1, -0.05) is 23.7 Å². The quantitative estimate of drug-likeness (QED) is 0.400. The van der Waals surface area contributed by atoms with Crippen LogP contribution in [0.3, 0.4) is 0 Å². The maximum Gasteiger partial charge on any atom is 0.416 e. The molecule has 2 aromatic carbocycles. The molecule has 192 valence electrons. The van der Waals surface area contributed by atoms with E-state index in [4.69, 9.17) is 21.1 Å². The summed E-state index contributed by atoms with van der Waals surface area (Å²) in [6, 6.07) is 9.70. The van der Waals surface area contributed by atoms with Crippen LogP contribution in [0.5, 0.6) is 5.75 Å². The number of aryl methyl sites for hydroxylation is 1. The van der Waals surface area contributed by atoms with Crippen LogP contribution in [0.2, 0.25) is 5.02 Å². The number of halogens is 4. The van der Waals surface area contributed by atoms with Crippen LogP contribution in [0.25, 0.3) is 11.3 Å². The van der Waals surface area contributed by atoms with Crippen LogP contribution in [-0.2, 0) is 18.0 Å². The van der Waals surface area contributed by atoms with E-state index in [1.165, 1.54) is 18.3 Å². The van der Waals surface area contributed by atoms with Crippen molar-refractivity contribution in [2.45, 2.75) is 25.1 Å². The Morgan fingerprint density at radius 1 is 1.22 bits per heavy atom. The van der Waals surface area contributed by atoms with Gasteiger partial charge in [0.25, 0.3) is 5.91 Å². The van der Waals surface area contributed by atoms with E-state index in [0.29, 0.717) is 53.5 Å². The molecule has 4 rings (SSSR count). The summed E-state index contributed by atoms with van der Waals surface area (Å²) >= 11 is 6.37. The molecule has 3 aromatic rings. The summed E-state index contributed by atoms with van der Waals surface area (Å²) < 4.78 is 52.5. The molecule has 1 amide bonds. The lowest BCUT2D eigenvalue weighted by Crippen LogP contribution is -2.37. The number of nitrogens with zero attached hydrogens (tertiary/aromatic N) is 2. The molecule has 0 unspecified atom stereocenters. The van der Waals surface area contributed by atoms with Gasteiger partial charge in [-0.3, -0.25) is 9.48 Å². The lowest BCUT2D eigenvalue weighted by atomic mass is 10.1. The van der Waals surface area contributed by atoms with Crippen LogP contribution >= 0.6 is 11.6 Å². The van der Waals surface area contributed by atoms with Gasteiger partial charge in [-0.25, -0.2) is 0 Å². The van der Waals surface area contributed by atoms with Crippen LogP contribution in [0.4, 0.5) is 18.9 Å². The van der Waals surface area contributed by atoms with E-state index >= 15 is 0 Å². The van der Waals surface area contributed by atoms with Gasteiger partial charge in [0.2, 0.25) is 0 Å². The van der Waals surface area contributed by atoms with E-state index < -0.39 is 17.6 Å². The van der Waals surface area contributed by atoms with E-state index in [9.17, 15) is 18.0 Å². The Bertz CT molecular complexity index is 1190. The number of amides is 1. The van der Waals surface area contributed by atoms with Crippen LogP contribution in [0, 0.1) is 0 Å². The molecular weight excluding hydrogens is 497 g/mol.